The Labute approximate surface area is 203 Å². The third-order valence-corrected chi connectivity index (χ3v) is 6.52. The Hall–Kier alpha value is -3.24. The van der Waals surface area contributed by atoms with Crippen LogP contribution in [0, 0.1) is 0 Å². The van der Waals surface area contributed by atoms with Crippen molar-refractivity contribution in [3.63, 3.8) is 0 Å². The number of benzene rings is 3. The highest BCUT2D eigenvalue weighted by Gasteiger charge is 2.14. The van der Waals surface area contributed by atoms with Gasteiger partial charge in [0, 0.05) is 6.54 Å². The third kappa shape index (κ3) is 6.21. The van der Waals surface area contributed by atoms with Crippen molar-refractivity contribution in [1.29, 1.82) is 0 Å². The van der Waals surface area contributed by atoms with Crippen molar-refractivity contribution < 1.29 is 14.9 Å². The highest BCUT2D eigenvalue weighted by atomic mass is 16.5. The van der Waals surface area contributed by atoms with Crippen LogP contribution in [0.25, 0.3) is 11.1 Å². The molecule has 4 heteroatoms. The molecule has 0 saturated carbocycles. The average molecular weight is 458 g/mol. The number of phenolic OH excluding ortho intramolecular Hbond substituents is 2. The van der Waals surface area contributed by atoms with E-state index in [2.05, 4.69) is 30.0 Å². The molecule has 3 aromatic rings. The maximum absolute atomic E-state index is 9.82. The number of rotatable bonds is 8. The molecule has 3 aromatic carbocycles. The minimum atomic E-state index is 0.242. The zero-order chi connectivity index (χ0) is 23.8. The van der Waals surface area contributed by atoms with Gasteiger partial charge in [0.05, 0.1) is 0 Å². The Morgan fingerprint density at radius 3 is 1.91 bits per heavy atom. The Balaban J connectivity index is 1.62. The Bertz CT molecular complexity index is 1030. The maximum atomic E-state index is 9.82. The van der Waals surface area contributed by atoms with Gasteiger partial charge >= 0.3 is 0 Å². The number of nitrogens with zero attached hydrogens (tertiary/aromatic N) is 1. The van der Waals surface area contributed by atoms with Gasteiger partial charge in [0.25, 0.3) is 0 Å². The summed E-state index contributed by atoms with van der Waals surface area (Å²) >= 11 is 0. The number of phenols is 2. The van der Waals surface area contributed by atoms with Crippen molar-refractivity contribution in [2.75, 3.05) is 26.2 Å². The topological polar surface area (TPSA) is 52.9 Å². The van der Waals surface area contributed by atoms with Gasteiger partial charge in [0.15, 0.2) is 0 Å². The lowest BCUT2D eigenvalue weighted by Gasteiger charge is -2.20. The summed E-state index contributed by atoms with van der Waals surface area (Å²) in [5.74, 6) is 1.37. The van der Waals surface area contributed by atoms with Crippen molar-refractivity contribution in [2.45, 2.75) is 39.0 Å². The molecule has 1 saturated heterocycles. The molecule has 0 aliphatic carbocycles. The minimum absolute atomic E-state index is 0.242. The maximum Gasteiger partial charge on any atom is 0.119 e. The zero-order valence-electron chi connectivity index (χ0n) is 20.0. The minimum Gasteiger partial charge on any atom is -0.508 e. The second-order valence-corrected chi connectivity index (χ2v) is 8.93. The quantitative estimate of drug-likeness (QED) is 0.369. The lowest BCUT2D eigenvalue weighted by atomic mass is 9.88. The fourth-order valence-corrected chi connectivity index (χ4v) is 4.72. The standard InChI is InChI=1S/C30H35NO3/c1-2-29(30(23-10-14-26(32)15-11-23)24-12-16-27(33)17-13-24)25-8-7-9-28(22-25)34-21-20-31-18-5-3-4-6-19-31/h7-17,22,32-33H,2-6,18-21H2,1H3. The molecule has 178 valence electrons. The van der Waals surface area contributed by atoms with Crippen molar-refractivity contribution in [3.05, 3.63) is 89.5 Å². The lowest BCUT2D eigenvalue weighted by Crippen LogP contribution is -2.29. The molecule has 0 unspecified atom stereocenters. The van der Waals surface area contributed by atoms with Crippen molar-refractivity contribution in [2.24, 2.45) is 0 Å². The summed E-state index contributed by atoms with van der Waals surface area (Å²) in [5, 5.41) is 19.6. The second kappa shape index (κ2) is 11.8. The first kappa shape index (κ1) is 23.9. The van der Waals surface area contributed by atoms with Gasteiger partial charge in [-0.3, -0.25) is 4.90 Å². The number of hydrogen-bond donors (Lipinski definition) is 2. The van der Waals surface area contributed by atoms with Crippen LogP contribution in [0.5, 0.6) is 17.2 Å². The molecular formula is C30H35NO3. The summed E-state index contributed by atoms with van der Waals surface area (Å²) in [6.45, 7) is 6.16. The molecule has 1 fully saturated rings. The number of hydrogen-bond acceptors (Lipinski definition) is 4. The lowest BCUT2D eigenvalue weighted by molar-refractivity contribution is 0.214. The van der Waals surface area contributed by atoms with E-state index in [1.165, 1.54) is 44.3 Å². The summed E-state index contributed by atoms with van der Waals surface area (Å²) in [4.78, 5) is 2.52. The first-order valence-electron chi connectivity index (χ1n) is 12.4. The molecule has 0 radical (unpaired) electrons. The Morgan fingerprint density at radius 2 is 1.35 bits per heavy atom. The van der Waals surface area contributed by atoms with Crippen molar-refractivity contribution in [1.82, 2.24) is 4.90 Å². The SMILES string of the molecule is CCC(=C(c1ccc(O)cc1)c1ccc(O)cc1)c1cccc(OCCN2CCCCCC2)c1. The summed E-state index contributed by atoms with van der Waals surface area (Å²) < 4.78 is 6.18. The number of likely N-dealkylation sites (tertiary alicyclic amines) is 1. The molecule has 0 aromatic heterocycles. The van der Waals surface area contributed by atoms with E-state index in [9.17, 15) is 10.2 Å². The van der Waals surface area contributed by atoms with Crippen LogP contribution >= 0.6 is 0 Å². The summed E-state index contributed by atoms with van der Waals surface area (Å²) in [5.41, 5.74) is 5.44. The van der Waals surface area contributed by atoms with Crippen LogP contribution in [0.4, 0.5) is 0 Å². The smallest absolute Gasteiger partial charge is 0.119 e. The summed E-state index contributed by atoms with van der Waals surface area (Å²) in [6.07, 6.45) is 6.09. The van der Waals surface area contributed by atoms with Crippen LogP contribution in [-0.4, -0.2) is 41.4 Å². The van der Waals surface area contributed by atoms with Crippen LogP contribution in [0.15, 0.2) is 72.8 Å². The van der Waals surface area contributed by atoms with E-state index in [0.717, 1.165) is 41.0 Å². The van der Waals surface area contributed by atoms with E-state index in [1.807, 2.05) is 30.3 Å². The van der Waals surface area contributed by atoms with Gasteiger partial charge in [-0.25, -0.2) is 0 Å². The average Bonchev–Trinajstić information content (AvgIpc) is 3.13. The zero-order valence-corrected chi connectivity index (χ0v) is 20.0. The molecule has 4 rings (SSSR count). The van der Waals surface area contributed by atoms with E-state index in [-0.39, 0.29) is 11.5 Å². The molecular weight excluding hydrogens is 422 g/mol. The number of aromatic hydroxyl groups is 2. The van der Waals surface area contributed by atoms with Gasteiger partial charge in [-0.2, -0.15) is 0 Å². The van der Waals surface area contributed by atoms with Gasteiger partial charge < -0.3 is 14.9 Å². The van der Waals surface area contributed by atoms with E-state index >= 15 is 0 Å². The van der Waals surface area contributed by atoms with Crippen LogP contribution in [-0.2, 0) is 0 Å². The van der Waals surface area contributed by atoms with Gasteiger partial charge in [-0.1, -0.05) is 56.2 Å². The largest absolute Gasteiger partial charge is 0.508 e. The molecule has 1 aliphatic heterocycles. The molecule has 0 spiro atoms. The van der Waals surface area contributed by atoms with E-state index in [1.54, 1.807) is 24.3 Å². The normalized spacial score (nSPS) is 14.4. The Morgan fingerprint density at radius 1 is 0.765 bits per heavy atom. The summed E-state index contributed by atoms with van der Waals surface area (Å²) in [6, 6.07) is 22.9. The Kier molecular flexibility index (Phi) is 8.26. The van der Waals surface area contributed by atoms with E-state index in [4.69, 9.17) is 4.74 Å². The molecule has 0 amide bonds. The van der Waals surface area contributed by atoms with Crippen LogP contribution in [0.3, 0.4) is 0 Å². The number of allylic oxidation sites excluding steroid dienone is 1. The number of ether oxygens (including phenoxy) is 1. The van der Waals surface area contributed by atoms with Gasteiger partial charge in [-0.15, -0.1) is 0 Å². The molecule has 0 atom stereocenters. The monoisotopic (exact) mass is 457 g/mol. The molecule has 0 bridgehead atoms. The first-order chi connectivity index (χ1) is 16.6. The predicted molar refractivity (Wildman–Crippen MR) is 139 cm³/mol. The van der Waals surface area contributed by atoms with Crippen molar-refractivity contribution >= 4 is 11.1 Å². The molecule has 1 aliphatic rings. The van der Waals surface area contributed by atoms with Crippen LogP contribution in [0.1, 0.15) is 55.7 Å². The van der Waals surface area contributed by atoms with E-state index < -0.39 is 0 Å². The molecule has 34 heavy (non-hydrogen) atoms. The van der Waals surface area contributed by atoms with Crippen LogP contribution < -0.4 is 4.74 Å². The van der Waals surface area contributed by atoms with Gasteiger partial charge in [0.1, 0.15) is 23.9 Å². The van der Waals surface area contributed by atoms with Gasteiger partial charge in [0.2, 0.25) is 0 Å². The van der Waals surface area contributed by atoms with E-state index in [0.29, 0.717) is 6.61 Å². The highest BCUT2D eigenvalue weighted by Crippen LogP contribution is 2.36. The fourth-order valence-electron chi connectivity index (χ4n) is 4.72. The van der Waals surface area contributed by atoms with Crippen LogP contribution in [0.2, 0.25) is 0 Å². The first-order valence-corrected chi connectivity index (χ1v) is 12.4. The highest BCUT2D eigenvalue weighted by molar-refractivity contribution is 5.98. The second-order valence-electron chi connectivity index (χ2n) is 8.93. The van der Waals surface area contributed by atoms with Gasteiger partial charge in [-0.05, 0) is 96.6 Å². The fraction of sp³-hybridized carbons (Fsp3) is 0.333. The predicted octanol–water partition coefficient (Wildman–Crippen LogP) is 6.72. The molecule has 4 nitrogen and oxygen atoms in total. The molecule has 1 heterocycles. The molecule has 2 N–H and O–H groups in total. The third-order valence-electron chi connectivity index (χ3n) is 6.52. The van der Waals surface area contributed by atoms with Crippen molar-refractivity contribution in [3.8, 4) is 17.2 Å². The summed E-state index contributed by atoms with van der Waals surface area (Å²) in [7, 11) is 0.